The highest BCUT2D eigenvalue weighted by molar-refractivity contribution is 7.91. The fourth-order valence-electron chi connectivity index (χ4n) is 2.62. The Labute approximate surface area is 120 Å². The van der Waals surface area contributed by atoms with Crippen LogP contribution < -0.4 is 5.32 Å². The van der Waals surface area contributed by atoms with Crippen molar-refractivity contribution in [2.24, 2.45) is 5.92 Å². The molecule has 0 bridgehead atoms. The number of alkyl halides is 1. The molecule has 0 amide bonds. The van der Waals surface area contributed by atoms with Gasteiger partial charge in [0.15, 0.2) is 9.84 Å². The van der Waals surface area contributed by atoms with Crippen molar-refractivity contribution < 1.29 is 8.42 Å². The van der Waals surface area contributed by atoms with E-state index in [2.05, 4.69) is 5.32 Å². The number of anilines is 1. The summed E-state index contributed by atoms with van der Waals surface area (Å²) in [5.41, 5.74) is 0.714. The average molecular weight is 302 g/mol. The van der Waals surface area contributed by atoms with Crippen LogP contribution in [0.5, 0.6) is 0 Å². The molecule has 2 atom stereocenters. The van der Waals surface area contributed by atoms with Crippen molar-refractivity contribution in [1.82, 2.24) is 0 Å². The zero-order valence-corrected chi connectivity index (χ0v) is 12.7. The van der Waals surface area contributed by atoms with Gasteiger partial charge in [0, 0.05) is 11.9 Å². The van der Waals surface area contributed by atoms with Crippen LogP contribution in [0.4, 0.5) is 5.69 Å². The van der Waals surface area contributed by atoms with Crippen molar-refractivity contribution >= 4 is 27.1 Å². The molecule has 1 aromatic carbocycles. The standard InChI is InChI=1S/C14H20ClNO2S/c1-2-19(17,18)14-9-4-3-7-13(14)16-12-8-5-6-11(12)10-15/h3-4,7,9,11-12,16H,2,5-6,8,10H2,1H3. The lowest BCUT2D eigenvalue weighted by Gasteiger charge is -2.21. The summed E-state index contributed by atoms with van der Waals surface area (Å²) >= 11 is 5.97. The van der Waals surface area contributed by atoms with Gasteiger partial charge in [0.2, 0.25) is 0 Å². The van der Waals surface area contributed by atoms with E-state index in [4.69, 9.17) is 11.6 Å². The molecule has 1 fully saturated rings. The Morgan fingerprint density at radius 3 is 2.74 bits per heavy atom. The van der Waals surface area contributed by atoms with Gasteiger partial charge in [-0.1, -0.05) is 25.5 Å². The third-order valence-corrected chi connectivity index (χ3v) is 5.98. The van der Waals surface area contributed by atoms with Crippen molar-refractivity contribution in [2.75, 3.05) is 16.9 Å². The Bertz CT molecular complexity index is 530. The highest BCUT2D eigenvalue weighted by Gasteiger charge is 2.27. The SMILES string of the molecule is CCS(=O)(=O)c1ccccc1NC1CCCC1CCl. The summed E-state index contributed by atoms with van der Waals surface area (Å²) in [4.78, 5) is 0.401. The van der Waals surface area contributed by atoms with Crippen LogP contribution in [0.1, 0.15) is 26.2 Å². The van der Waals surface area contributed by atoms with Crippen LogP contribution in [0.25, 0.3) is 0 Å². The van der Waals surface area contributed by atoms with Crippen molar-refractivity contribution in [1.29, 1.82) is 0 Å². The Hall–Kier alpha value is -0.740. The predicted molar refractivity (Wildman–Crippen MR) is 79.6 cm³/mol. The van der Waals surface area contributed by atoms with Gasteiger partial charge >= 0.3 is 0 Å². The molecule has 3 nitrogen and oxygen atoms in total. The fourth-order valence-corrected chi connectivity index (χ4v) is 4.05. The molecule has 1 aromatic rings. The number of rotatable bonds is 5. The lowest BCUT2D eigenvalue weighted by Crippen LogP contribution is -2.26. The number of sulfone groups is 1. The molecule has 106 valence electrons. The molecule has 1 saturated carbocycles. The van der Waals surface area contributed by atoms with Gasteiger partial charge in [0.05, 0.1) is 16.3 Å². The van der Waals surface area contributed by atoms with Gasteiger partial charge in [0.25, 0.3) is 0 Å². The van der Waals surface area contributed by atoms with Gasteiger partial charge < -0.3 is 5.32 Å². The minimum atomic E-state index is -3.19. The van der Waals surface area contributed by atoms with Gasteiger partial charge in [0.1, 0.15) is 0 Å². The van der Waals surface area contributed by atoms with E-state index in [9.17, 15) is 8.42 Å². The Kier molecular flexibility index (Phi) is 4.74. The first-order valence-electron chi connectivity index (χ1n) is 6.72. The molecule has 0 saturated heterocycles. The van der Waals surface area contributed by atoms with Crippen LogP contribution in [0, 0.1) is 5.92 Å². The van der Waals surface area contributed by atoms with E-state index in [1.54, 1.807) is 19.1 Å². The molecule has 2 unspecified atom stereocenters. The van der Waals surface area contributed by atoms with Gasteiger partial charge in [-0.25, -0.2) is 8.42 Å². The first-order chi connectivity index (χ1) is 9.08. The molecule has 0 spiro atoms. The monoisotopic (exact) mass is 301 g/mol. The summed E-state index contributed by atoms with van der Waals surface area (Å²) in [6, 6.07) is 7.42. The van der Waals surface area contributed by atoms with E-state index in [-0.39, 0.29) is 11.8 Å². The topological polar surface area (TPSA) is 46.2 Å². The maximum absolute atomic E-state index is 12.1. The van der Waals surface area contributed by atoms with Crippen molar-refractivity contribution in [3.8, 4) is 0 Å². The first-order valence-corrected chi connectivity index (χ1v) is 8.91. The molecule has 0 aliphatic heterocycles. The minimum Gasteiger partial charge on any atom is -0.381 e. The summed E-state index contributed by atoms with van der Waals surface area (Å²) in [6.07, 6.45) is 3.32. The number of benzene rings is 1. The minimum absolute atomic E-state index is 0.120. The van der Waals surface area contributed by atoms with Crippen LogP contribution >= 0.6 is 11.6 Å². The van der Waals surface area contributed by atoms with E-state index in [0.29, 0.717) is 22.4 Å². The number of halogens is 1. The molecule has 0 aromatic heterocycles. The third-order valence-electron chi connectivity index (χ3n) is 3.80. The molecular weight excluding hydrogens is 282 g/mol. The van der Waals surface area contributed by atoms with Crippen LogP contribution in [0.2, 0.25) is 0 Å². The first kappa shape index (κ1) is 14.7. The van der Waals surface area contributed by atoms with Crippen LogP contribution in [0.3, 0.4) is 0 Å². The molecule has 0 radical (unpaired) electrons. The third kappa shape index (κ3) is 3.23. The molecule has 2 rings (SSSR count). The summed E-state index contributed by atoms with van der Waals surface area (Å²) in [6.45, 7) is 1.67. The van der Waals surface area contributed by atoms with Crippen LogP contribution in [-0.4, -0.2) is 26.1 Å². The summed E-state index contributed by atoms with van der Waals surface area (Å²) in [5, 5.41) is 3.39. The van der Waals surface area contributed by atoms with Crippen molar-refractivity contribution in [3.05, 3.63) is 24.3 Å². The molecule has 1 N–H and O–H groups in total. The molecule has 0 heterocycles. The highest BCUT2D eigenvalue weighted by Crippen LogP contribution is 2.31. The molecule has 1 aliphatic carbocycles. The van der Waals surface area contributed by atoms with E-state index in [0.717, 1.165) is 19.3 Å². The quantitative estimate of drug-likeness (QED) is 0.849. The van der Waals surface area contributed by atoms with E-state index >= 15 is 0 Å². The second-order valence-corrected chi connectivity index (χ2v) is 7.55. The molecule has 5 heteroatoms. The zero-order chi connectivity index (χ0) is 13.9. The fraction of sp³-hybridized carbons (Fsp3) is 0.571. The smallest absolute Gasteiger partial charge is 0.180 e. The van der Waals surface area contributed by atoms with Crippen LogP contribution in [0.15, 0.2) is 29.2 Å². The number of para-hydroxylation sites is 1. The lowest BCUT2D eigenvalue weighted by atomic mass is 10.1. The Balaban J connectivity index is 2.26. The largest absolute Gasteiger partial charge is 0.381 e. The maximum Gasteiger partial charge on any atom is 0.180 e. The maximum atomic E-state index is 12.1. The molecule has 1 aliphatic rings. The molecular formula is C14H20ClNO2S. The van der Waals surface area contributed by atoms with Gasteiger partial charge in [-0.05, 0) is 30.9 Å². The Morgan fingerprint density at radius 1 is 1.32 bits per heavy atom. The van der Waals surface area contributed by atoms with Gasteiger partial charge in [-0.15, -0.1) is 11.6 Å². The van der Waals surface area contributed by atoms with Gasteiger partial charge in [-0.2, -0.15) is 0 Å². The second kappa shape index (κ2) is 6.14. The summed E-state index contributed by atoms with van der Waals surface area (Å²) in [7, 11) is -3.19. The van der Waals surface area contributed by atoms with Crippen LogP contribution in [-0.2, 0) is 9.84 Å². The summed E-state index contributed by atoms with van der Waals surface area (Å²) < 4.78 is 24.2. The highest BCUT2D eigenvalue weighted by atomic mass is 35.5. The van der Waals surface area contributed by atoms with Crippen molar-refractivity contribution in [2.45, 2.75) is 37.1 Å². The van der Waals surface area contributed by atoms with E-state index in [1.807, 2.05) is 12.1 Å². The number of hydrogen-bond donors (Lipinski definition) is 1. The predicted octanol–water partition coefficient (Wildman–Crippen LogP) is 3.30. The summed E-state index contributed by atoms with van der Waals surface area (Å²) in [5.74, 6) is 1.18. The number of nitrogens with one attached hydrogen (secondary N) is 1. The number of hydrogen-bond acceptors (Lipinski definition) is 3. The lowest BCUT2D eigenvalue weighted by molar-refractivity contribution is 0.560. The Morgan fingerprint density at radius 2 is 2.05 bits per heavy atom. The zero-order valence-electron chi connectivity index (χ0n) is 11.1. The van der Waals surface area contributed by atoms with E-state index < -0.39 is 9.84 Å². The molecule has 19 heavy (non-hydrogen) atoms. The average Bonchev–Trinajstić information content (AvgIpc) is 2.86. The van der Waals surface area contributed by atoms with Crippen molar-refractivity contribution in [3.63, 3.8) is 0 Å². The normalized spacial score (nSPS) is 23.5. The van der Waals surface area contributed by atoms with Gasteiger partial charge in [-0.3, -0.25) is 0 Å². The second-order valence-electron chi connectivity index (χ2n) is 5.00. The van der Waals surface area contributed by atoms with E-state index in [1.165, 1.54) is 0 Å².